The third-order valence-electron chi connectivity index (χ3n) is 3.82. The molecular weight excluding hydrogens is 276 g/mol. The monoisotopic (exact) mass is 305 g/mol. The standard InChI is InChI=1S/C19H29O3/c1-2-3-4-5-6-7-8-9-10-11-16-22-19(21)17-12-14-18(20)15-13-17/h12-15H,2-11,16H2,1H3. The number of carbonyl (C=O) groups excluding carboxylic acids is 1. The number of hydrogen-bond acceptors (Lipinski definition) is 2. The smallest absolute Gasteiger partial charge is 0.338 e. The molecule has 1 rings (SSSR count). The highest BCUT2D eigenvalue weighted by molar-refractivity contribution is 5.89. The van der Waals surface area contributed by atoms with E-state index in [0.717, 1.165) is 12.8 Å². The summed E-state index contributed by atoms with van der Waals surface area (Å²) < 4.78 is 5.20. The predicted molar refractivity (Wildman–Crippen MR) is 88.7 cm³/mol. The van der Waals surface area contributed by atoms with Crippen molar-refractivity contribution < 1.29 is 14.6 Å². The molecule has 3 nitrogen and oxygen atoms in total. The van der Waals surface area contributed by atoms with Crippen molar-refractivity contribution in [2.45, 2.75) is 71.1 Å². The van der Waals surface area contributed by atoms with Crippen LogP contribution in [0.5, 0.6) is 5.75 Å². The summed E-state index contributed by atoms with van der Waals surface area (Å²) in [5, 5.41) is 11.0. The molecule has 1 aromatic carbocycles. The molecule has 0 bridgehead atoms. The van der Waals surface area contributed by atoms with Gasteiger partial charge in [0.15, 0.2) is 5.75 Å². The van der Waals surface area contributed by atoms with Crippen molar-refractivity contribution in [3.8, 4) is 5.75 Å². The van der Waals surface area contributed by atoms with Gasteiger partial charge in [-0.15, -0.1) is 0 Å². The fraction of sp³-hybridized carbons (Fsp3) is 0.632. The summed E-state index contributed by atoms with van der Waals surface area (Å²) in [5.41, 5.74) is 0.451. The highest BCUT2D eigenvalue weighted by atomic mass is 16.5. The van der Waals surface area contributed by atoms with E-state index in [1.165, 1.54) is 75.6 Å². The lowest BCUT2D eigenvalue weighted by Crippen LogP contribution is -2.06. The second kappa shape index (κ2) is 12.1. The van der Waals surface area contributed by atoms with Gasteiger partial charge in [0.05, 0.1) is 12.2 Å². The highest BCUT2D eigenvalue weighted by Crippen LogP contribution is 2.12. The van der Waals surface area contributed by atoms with Crippen LogP contribution in [-0.4, -0.2) is 12.6 Å². The van der Waals surface area contributed by atoms with Crippen molar-refractivity contribution in [2.24, 2.45) is 0 Å². The topological polar surface area (TPSA) is 46.2 Å². The van der Waals surface area contributed by atoms with Crippen molar-refractivity contribution >= 4 is 5.97 Å². The molecule has 0 fully saturated rings. The molecule has 0 aliphatic heterocycles. The Labute approximate surface area is 134 Å². The number of unbranched alkanes of at least 4 members (excludes halogenated alkanes) is 9. The Morgan fingerprint density at radius 2 is 1.32 bits per heavy atom. The van der Waals surface area contributed by atoms with Crippen LogP contribution < -0.4 is 0 Å². The Balaban J connectivity index is 1.93. The molecule has 22 heavy (non-hydrogen) atoms. The van der Waals surface area contributed by atoms with Gasteiger partial charge in [0.2, 0.25) is 0 Å². The lowest BCUT2D eigenvalue weighted by Gasteiger charge is -2.05. The summed E-state index contributed by atoms with van der Waals surface area (Å²) in [4.78, 5) is 11.7. The SMILES string of the molecule is CCCCCCCCCCCCOC(=O)c1ccc([O])cc1. The number of rotatable bonds is 12. The van der Waals surface area contributed by atoms with Crippen LogP contribution in [0.25, 0.3) is 0 Å². The van der Waals surface area contributed by atoms with Crippen LogP contribution >= 0.6 is 0 Å². The molecule has 0 unspecified atom stereocenters. The molecule has 0 spiro atoms. The van der Waals surface area contributed by atoms with Gasteiger partial charge in [0.25, 0.3) is 0 Å². The quantitative estimate of drug-likeness (QED) is 0.356. The van der Waals surface area contributed by atoms with Gasteiger partial charge in [-0.3, -0.25) is 5.11 Å². The number of benzene rings is 1. The number of ether oxygens (including phenoxy) is 1. The van der Waals surface area contributed by atoms with Crippen molar-refractivity contribution in [3.05, 3.63) is 29.8 Å². The van der Waals surface area contributed by atoms with Crippen LogP contribution in [0.1, 0.15) is 81.5 Å². The molecule has 0 saturated carbocycles. The van der Waals surface area contributed by atoms with E-state index in [4.69, 9.17) is 4.74 Å². The zero-order chi connectivity index (χ0) is 16.0. The van der Waals surface area contributed by atoms with Crippen molar-refractivity contribution in [1.29, 1.82) is 0 Å². The van der Waals surface area contributed by atoms with E-state index in [9.17, 15) is 9.90 Å². The molecule has 0 aliphatic rings. The molecule has 0 heterocycles. The van der Waals surface area contributed by atoms with Gasteiger partial charge in [-0.05, 0) is 30.7 Å². The summed E-state index contributed by atoms with van der Waals surface area (Å²) in [6.45, 7) is 2.71. The molecule has 1 aromatic rings. The number of carbonyl (C=O) groups is 1. The summed E-state index contributed by atoms with van der Waals surface area (Å²) in [7, 11) is 0. The molecule has 0 amide bonds. The second-order valence-corrected chi connectivity index (χ2v) is 5.84. The van der Waals surface area contributed by atoms with Crippen LogP contribution in [0.4, 0.5) is 0 Å². The average molecular weight is 305 g/mol. The van der Waals surface area contributed by atoms with Gasteiger partial charge in [-0.1, -0.05) is 64.7 Å². The van der Waals surface area contributed by atoms with E-state index in [0.29, 0.717) is 12.2 Å². The van der Waals surface area contributed by atoms with Gasteiger partial charge >= 0.3 is 5.97 Å². The Morgan fingerprint density at radius 1 is 0.818 bits per heavy atom. The summed E-state index contributed by atoms with van der Waals surface area (Å²) in [5.74, 6) is -0.429. The van der Waals surface area contributed by atoms with Gasteiger partial charge < -0.3 is 4.74 Å². The molecule has 1 radical (unpaired) electrons. The van der Waals surface area contributed by atoms with E-state index in [1.54, 1.807) is 0 Å². The van der Waals surface area contributed by atoms with Gasteiger partial charge in [-0.25, -0.2) is 4.79 Å². The molecule has 0 N–H and O–H groups in total. The van der Waals surface area contributed by atoms with Crippen LogP contribution in [0.15, 0.2) is 24.3 Å². The third kappa shape index (κ3) is 8.71. The van der Waals surface area contributed by atoms with Gasteiger partial charge in [-0.2, -0.15) is 0 Å². The third-order valence-corrected chi connectivity index (χ3v) is 3.82. The van der Waals surface area contributed by atoms with E-state index in [2.05, 4.69) is 6.92 Å². The first-order chi connectivity index (χ1) is 10.7. The van der Waals surface area contributed by atoms with Crippen LogP contribution in [0, 0.1) is 0 Å². The predicted octanol–water partition coefficient (Wildman–Crippen LogP) is 5.91. The first-order valence-corrected chi connectivity index (χ1v) is 8.68. The maximum atomic E-state index is 11.7. The Morgan fingerprint density at radius 3 is 1.86 bits per heavy atom. The minimum absolute atomic E-state index is 0.0914. The Kier molecular flexibility index (Phi) is 10.2. The first kappa shape index (κ1) is 18.5. The molecule has 0 aromatic heterocycles. The number of hydrogen-bond donors (Lipinski definition) is 0. The Bertz CT molecular complexity index is 398. The first-order valence-electron chi connectivity index (χ1n) is 8.68. The highest BCUT2D eigenvalue weighted by Gasteiger charge is 2.06. The normalized spacial score (nSPS) is 10.6. The second-order valence-electron chi connectivity index (χ2n) is 5.84. The van der Waals surface area contributed by atoms with E-state index in [1.807, 2.05) is 0 Å². The minimum Gasteiger partial charge on any atom is -0.462 e. The summed E-state index contributed by atoms with van der Waals surface area (Å²) in [6, 6.07) is 5.81. The number of esters is 1. The Hall–Kier alpha value is -1.51. The maximum absolute atomic E-state index is 11.7. The fourth-order valence-electron chi connectivity index (χ4n) is 2.43. The van der Waals surface area contributed by atoms with Crippen LogP contribution in [0.2, 0.25) is 0 Å². The van der Waals surface area contributed by atoms with Gasteiger partial charge in [0, 0.05) is 0 Å². The molecule has 0 saturated heterocycles. The largest absolute Gasteiger partial charge is 0.462 e. The van der Waals surface area contributed by atoms with Gasteiger partial charge in [0.1, 0.15) is 0 Å². The van der Waals surface area contributed by atoms with Crippen molar-refractivity contribution in [3.63, 3.8) is 0 Å². The minimum atomic E-state index is -0.337. The fourth-order valence-corrected chi connectivity index (χ4v) is 2.43. The molecule has 3 heteroatoms. The molecular formula is C19H29O3. The van der Waals surface area contributed by atoms with E-state index >= 15 is 0 Å². The summed E-state index contributed by atoms with van der Waals surface area (Å²) >= 11 is 0. The van der Waals surface area contributed by atoms with E-state index < -0.39 is 0 Å². The van der Waals surface area contributed by atoms with Crippen LogP contribution in [0.3, 0.4) is 0 Å². The zero-order valence-electron chi connectivity index (χ0n) is 13.8. The summed E-state index contributed by atoms with van der Waals surface area (Å²) in [6.07, 6.45) is 12.6. The molecule has 123 valence electrons. The zero-order valence-corrected chi connectivity index (χ0v) is 13.8. The van der Waals surface area contributed by atoms with Crippen molar-refractivity contribution in [1.82, 2.24) is 0 Å². The van der Waals surface area contributed by atoms with Crippen LogP contribution in [-0.2, 0) is 9.84 Å². The van der Waals surface area contributed by atoms with Crippen molar-refractivity contribution in [2.75, 3.05) is 6.61 Å². The molecule has 0 atom stereocenters. The average Bonchev–Trinajstić information content (AvgIpc) is 2.53. The van der Waals surface area contributed by atoms with E-state index in [-0.39, 0.29) is 11.7 Å². The lowest BCUT2D eigenvalue weighted by molar-refractivity contribution is 0.0497. The maximum Gasteiger partial charge on any atom is 0.338 e. The molecule has 0 aliphatic carbocycles. The lowest BCUT2D eigenvalue weighted by atomic mass is 10.1.